The van der Waals surface area contributed by atoms with Gasteiger partial charge in [0.25, 0.3) is 5.91 Å². The average molecular weight is 619 g/mol. The van der Waals surface area contributed by atoms with Crippen molar-refractivity contribution >= 4 is 5.91 Å². The summed E-state index contributed by atoms with van der Waals surface area (Å²) < 4.78 is 44.6. The Hall–Kier alpha value is -4.00. The highest BCUT2D eigenvalue weighted by atomic mass is 19.4. The Balaban J connectivity index is 1.29. The Labute approximate surface area is 261 Å². The molecule has 1 saturated heterocycles. The van der Waals surface area contributed by atoms with Gasteiger partial charge in [-0.3, -0.25) is 9.69 Å². The van der Waals surface area contributed by atoms with Gasteiger partial charge >= 0.3 is 6.18 Å². The summed E-state index contributed by atoms with van der Waals surface area (Å²) in [5.41, 5.74) is 0.760. The highest BCUT2D eigenvalue weighted by molar-refractivity contribution is 5.94. The summed E-state index contributed by atoms with van der Waals surface area (Å²) in [6, 6.07) is 17.9. The maximum Gasteiger partial charge on any atom is 0.416 e. The summed E-state index contributed by atoms with van der Waals surface area (Å²) >= 11 is 0. The molecule has 1 saturated carbocycles. The molecule has 1 heterocycles. The van der Waals surface area contributed by atoms with Gasteiger partial charge in [0, 0.05) is 48.1 Å². The van der Waals surface area contributed by atoms with Crippen molar-refractivity contribution in [2.45, 2.75) is 67.8 Å². The van der Waals surface area contributed by atoms with Crippen LogP contribution in [-0.4, -0.2) is 70.9 Å². The number of ether oxygens (including phenoxy) is 1. The van der Waals surface area contributed by atoms with Crippen LogP contribution in [0.15, 0.2) is 66.7 Å². The molecular formula is C36H37F3N2O4. The molecule has 1 aliphatic heterocycles. The fourth-order valence-corrected chi connectivity index (χ4v) is 8.00. The second kappa shape index (κ2) is 11.7. The fourth-order valence-electron chi connectivity index (χ4n) is 8.00. The van der Waals surface area contributed by atoms with Crippen LogP contribution in [0.3, 0.4) is 0 Å². The van der Waals surface area contributed by atoms with E-state index in [-0.39, 0.29) is 17.8 Å². The number of fused-ring (bicyclic) bond motifs is 1. The normalized spacial score (nSPS) is 25.7. The number of piperidine rings is 1. The molecule has 2 fully saturated rings. The molecule has 3 aliphatic rings. The fraction of sp³-hybridized carbons (Fsp3) is 0.417. The van der Waals surface area contributed by atoms with Crippen LogP contribution in [-0.2, 0) is 29.2 Å². The minimum atomic E-state index is -4.45. The first-order valence-electron chi connectivity index (χ1n) is 15.3. The number of alkyl halides is 3. The van der Waals surface area contributed by atoms with Gasteiger partial charge in [0.15, 0.2) is 11.5 Å². The van der Waals surface area contributed by atoms with E-state index >= 15 is 0 Å². The van der Waals surface area contributed by atoms with Gasteiger partial charge in [-0.1, -0.05) is 42.3 Å². The van der Waals surface area contributed by atoms with Crippen molar-refractivity contribution in [1.29, 1.82) is 0 Å². The highest BCUT2D eigenvalue weighted by Crippen LogP contribution is 2.61. The number of phenolic OH excluding ortho intramolecular Hbond substituents is 1. The molecule has 45 heavy (non-hydrogen) atoms. The number of likely N-dealkylation sites (tertiary alicyclic amines) is 1. The van der Waals surface area contributed by atoms with Crippen LogP contribution in [0.5, 0.6) is 11.5 Å². The second-order valence-electron chi connectivity index (χ2n) is 12.5. The molecule has 3 aromatic carbocycles. The summed E-state index contributed by atoms with van der Waals surface area (Å²) in [7, 11) is 3.21. The van der Waals surface area contributed by atoms with Gasteiger partial charge in [-0.25, -0.2) is 0 Å². The number of hydrogen-bond acceptors (Lipinski definition) is 5. The molecule has 1 amide bonds. The monoisotopic (exact) mass is 618 g/mol. The lowest BCUT2D eigenvalue weighted by Gasteiger charge is -2.65. The molecule has 0 unspecified atom stereocenters. The first-order valence-corrected chi connectivity index (χ1v) is 15.3. The first kappa shape index (κ1) is 31.0. The summed E-state index contributed by atoms with van der Waals surface area (Å²) in [5, 5.41) is 23.6. The van der Waals surface area contributed by atoms with Crippen LogP contribution in [0, 0.1) is 11.8 Å². The number of phenols is 1. The third kappa shape index (κ3) is 5.44. The molecule has 6 rings (SSSR count). The minimum absolute atomic E-state index is 0.0203. The van der Waals surface area contributed by atoms with Crippen molar-refractivity contribution in [3.8, 4) is 23.3 Å². The standard InChI is InChI=1S/C36H37F3N2O4/c1-40(31(43)15-10-25-8-12-27(13-9-25)36(37,38)39)28-16-18-35(44)30-22-26-11-14-29(42)33(45-2)32(26)34(35,23-28)19-21-41(30)20-17-24-6-4-3-5-7-24/h3-9,11-14,28,30,42,44H,16-23H2,1-2H3/t28-,30-,34-,35-/m1/s1. The Morgan fingerprint density at radius 2 is 1.82 bits per heavy atom. The topological polar surface area (TPSA) is 73.2 Å². The Morgan fingerprint density at radius 1 is 1.09 bits per heavy atom. The van der Waals surface area contributed by atoms with E-state index < -0.39 is 28.7 Å². The van der Waals surface area contributed by atoms with Crippen molar-refractivity contribution in [3.05, 3.63) is 94.5 Å². The Morgan fingerprint density at radius 3 is 2.51 bits per heavy atom. The van der Waals surface area contributed by atoms with E-state index in [2.05, 4.69) is 28.9 Å². The molecule has 6 nitrogen and oxygen atoms in total. The van der Waals surface area contributed by atoms with Crippen LogP contribution >= 0.6 is 0 Å². The van der Waals surface area contributed by atoms with E-state index in [4.69, 9.17) is 4.74 Å². The zero-order valence-electron chi connectivity index (χ0n) is 25.4. The number of amides is 1. The third-order valence-corrected chi connectivity index (χ3v) is 10.3. The van der Waals surface area contributed by atoms with E-state index in [0.717, 1.165) is 42.8 Å². The van der Waals surface area contributed by atoms with Gasteiger partial charge in [0.05, 0.1) is 18.3 Å². The van der Waals surface area contributed by atoms with Gasteiger partial charge in [-0.05, 0) is 86.5 Å². The van der Waals surface area contributed by atoms with E-state index in [1.165, 1.54) is 24.8 Å². The lowest BCUT2D eigenvalue weighted by Crippen LogP contribution is -2.74. The zero-order chi connectivity index (χ0) is 32.0. The van der Waals surface area contributed by atoms with Gasteiger partial charge in [0.2, 0.25) is 0 Å². The number of nitrogens with zero attached hydrogens (tertiary/aromatic N) is 2. The quantitative estimate of drug-likeness (QED) is 0.379. The molecule has 0 spiro atoms. The number of rotatable bonds is 5. The van der Waals surface area contributed by atoms with E-state index in [1.807, 2.05) is 24.3 Å². The molecule has 3 aromatic rings. The molecule has 2 bridgehead atoms. The number of methoxy groups -OCH3 is 1. The van der Waals surface area contributed by atoms with Crippen molar-refractivity contribution in [2.24, 2.45) is 0 Å². The molecule has 9 heteroatoms. The van der Waals surface area contributed by atoms with Crippen LogP contribution in [0.25, 0.3) is 0 Å². The van der Waals surface area contributed by atoms with E-state index in [0.29, 0.717) is 43.4 Å². The number of halogens is 3. The third-order valence-electron chi connectivity index (χ3n) is 10.3. The average Bonchev–Trinajstić information content (AvgIpc) is 3.03. The predicted molar refractivity (Wildman–Crippen MR) is 164 cm³/mol. The summed E-state index contributed by atoms with van der Waals surface area (Å²) in [6.45, 7) is 1.55. The zero-order valence-corrected chi connectivity index (χ0v) is 25.4. The lowest BCUT2D eigenvalue weighted by atomic mass is 9.48. The van der Waals surface area contributed by atoms with Gasteiger partial charge in [-0.15, -0.1) is 0 Å². The number of aromatic hydroxyl groups is 1. The smallest absolute Gasteiger partial charge is 0.416 e. The predicted octanol–water partition coefficient (Wildman–Crippen LogP) is 5.32. The largest absolute Gasteiger partial charge is 0.504 e. The highest BCUT2D eigenvalue weighted by Gasteiger charge is 2.66. The lowest BCUT2D eigenvalue weighted by molar-refractivity contribution is -0.177. The molecule has 2 aliphatic carbocycles. The minimum Gasteiger partial charge on any atom is -0.504 e. The van der Waals surface area contributed by atoms with Crippen molar-refractivity contribution in [1.82, 2.24) is 9.80 Å². The van der Waals surface area contributed by atoms with Gasteiger partial charge < -0.3 is 19.8 Å². The number of carbonyl (C=O) groups excluding carboxylic acids is 1. The summed E-state index contributed by atoms with van der Waals surface area (Å²) in [6.07, 6.45) is -0.867. The Bertz CT molecular complexity index is 1630. The SMILES string of the molecule is COc1c(O)ccc2c1[C@]13CCN(CCc4ccccc4)[C@H](C2)[C@]1(O)CC[C@@H](N(C)C(=O)C#Cc1ccc(C(F)(F)F)cc1)C3. The molecule has 236 valence electrons. The maximum atomic E-state index is 13.3. The second-order valence-corrected chi connectivity index (χ2v) is 12.5. The van der Waals surface area contributed by atoms with Crippen LogP contribution < -0.4 is 4.74 Å². The first-order chi connectivity index (χ1) is 21.5. The molecule has 4 atom stereocenters. The maximum absolute atomic E-state index is 13.3. The number of hydrogen-bond donors (Lipinski definition) is 2. The van der Waals surface area contributed by atoms with Gasteiger partial charge in [-0.2, -0.15) is 13.2 Å². The van der Waals surface area contributed by atoms with Crippen LogP contribution in [0.4, 0.5) is 13.2 Å². The molecular weight excluding hydrogens is 581 g/mol. The molecule has 0 aromatic heterocycles. The van der Waals surface area contributed by atoms with E-state index in [1.54, 1.807) is 18.0 Å². The van der Waals surface area contributed by atoms with Crippen molar-refractivity contribution in [3.63, 3.8) is 0 Å². The molecule has 2 N–H and O–H groups in total. The van der Waals surface area contributed by atoms with Crippen LogP contribution in [0.1, 0.15) is 53.5 Å². The molecule has 0 radical (unpaired) electrons. The summed E-state index contributed by atoms with van der Waals surface area (Å²) in [5.74, 6) is 5.25. The van der Waals surface area contributed by atoms with Crippen LogP contribution in [0.2, 0.25) is 0 Å². The number of carbonyl (C=O) groups is 1. The van der Waals surface area contributed by atoms with Crippen molar-refractivity contribution < 1.29 is 32.9 Å². The number of aliphatic hydroxyl groups is 1. The van der Waals surface area contributed by atoms with Gasteiger partial charge in [0.1, 0.15) is 0 Å². The van der Waals surface area contributed by atoms with E-state index in [9.17, 15) is 28.2 Å². The Kier molecular flexibility index (Phi) is 8.09. The van der Waals surface area contributed by atoms with Crippen molar-refractivity contribution in [2.75, 3.05) is 27.2 Å². The number of benzene rings is 3. The summed E-state index contributed by atoms with van der Waals surface area (Å²) in [4.78, 5) is 17.3.